The Labute approximate surface area is 97.4 Å². The van der Waals surface area contributed by atoms with Crippen molar-refractivity contribution in [3.8, 4) is 0 Å². The van der Waals surface area contributed by atoms with Gasteiger partial charge in [-0.05, 0) is 12.3 Å². The van der Waals surface area contributed by atoms with Gasteiger partial charge >= 0.3 is 22.8 Å². The van der Waals surface area contributed by atoms with Gasteiger partial charge in [-0.1, -0.05) is 0 Å². The van der Waals surface area contributed by atoms with E-state index < -0.39 is 47.2 Å². The molecular formula is C5H15O9P3. The number of hydrogen-bond acceptors (Lipinski definition) is 3. The lowest BCUT2D eigenvalue weighted by Gasteiger charge is -2.18. The Morgan fingerprint density at radius 3 is 1.29 bits per heavy atom. The summed E-state index contributed by atoms with van der Waals surface area (Å²) in [5.41, 5.74) is 0. The molecule has 0 amide bonds. The predicted octanol–water partition coefficient (Wildman–Crippen LogP) is -0.474. The SMILES string of the molecule is O=P(O)(O)CCC(CP(=O)(O)O)CP(=O)(O)O. The van der Waals surface area contributed by atoms with Crippen LogP contribution in [0.4, 0.5) is 0 Å². The molecule has 6 N–H and O–H groups in total. The fourth-order valence-electron chi connectivity index (χ4n) is 1.26. The lowest BCUT2D eigenvalue weighted by Crippen LogP contribution is -2.14. The van der Waals surface area contributed by atoms with E-state index in [0.717, 1.165) is 0 Å². The van der Waals surface area contributed by atoms with Gasteiger partial charge in [0.2, 0.25) is 0 Å². The minimum Gasteiger partial charge on any atom is -0.324 e. The van der Waals surface area contributed by atoms with Crippen LogP contribution < -0.4 is 0 Å². The summed E-state index contributed by atoms with van der Waals surface area (Å²) < 4.78 is 32.0. The second kappa shape index (κ2) is 6.06. The first-order valence-electron chi connectivity index (χ1n) is 4.42. The smallest absolute Gasteiger partial charge is 0.324 e. The van der Waals surface area contributed by atoms with Crippen LogP contribution in [0.25, 0.3) is 0 Å². The molecule has 0 aromatic heterocycles. The van der Waals surface area contributed by atoms with Crippen LogP contribution >= 0.6 is 22.8 Å². The highest BCUT2D eigenvalue weighted by Crippen LogP contribution is 2.46. The van der Waals surface area contributed by atoms with Gasteiger partial charge in [0, 0.05) is 0 Å². The van der Waals surface area contributed by atoms with Crippen LogP contribution in [0, 0.1) is 5.92 Å². The van der Waals surface area contributed by atoms with Crippen molar-refractivity contribution in [2.45, 2.75) is 6.42 Å². The fraction of sp³-hybridized carbons (Fsp3) is 1.00. The summed E-state index contributed by atoms with van der Waals surface area (Å²) in [7, 11) is -13.3. The average Bonchev–Trinajstić information content (AvgIpc) is 1.92. The Bertz CT molecular complexity index is 350. The van der Waals surface area contributed by atoms with E-state index >= 15 is 0 Å². The molecule has 0 aromatic rings. The molecule has 0 bridgehead atoms. The summed E-state index contributed by atoms with van der Waals surface area (Å²) in [4.78, 5) is 51.9. The van der Waals surface area contributed by atoms with E-state index in [1.165, 1.54) is 0 Å². The lowest BCUT2D eigenvalue weighted by atomic mass is 10.1. The molecule has 0 spiro atoms. The molecule has 0 aliphatic carbocycles. The van der Waals surface area contributed by atoms with Gasteiger partial charge in [-0.25, -0.2) is 0 Å². The van der Waals surface area contributed by atoms with Crippen LogP contribution in [0.5, 0.6) is 0 Å². The van der Waals surface area contributed by atoms with E-state index in [1.807, 2.05) is 0 Å². The fourth-order valence-corrected chi connectivity index (χ4v) is 4.14. The minimum atomic E-state index is -4.49. The van der Waals surface area contributed by atoms with Gasteiger partial charge in [0.15, 0.2) is 0 Å². The van der Waals surface area contributed by atoms with Gasteiger partial charge in [-0.3, -0.25) is 13.7 Å². The zero-order valence-corrected chi connectivity index (χ0v) is 11.3. The van der Waals surface area contributed by atoms with Crippen molar-refractivity contribution in [1.29, 1.82) is 0 Å². The topological polar surface area (TPSA) is 173 Å². The van der Waals surface area contributed by atoms with Crippen molar-refractivity contribution in [3.05, 3.63) is 0 Å². The molecule has 0 rings (SSSR count). The van der Waals surface area contributed by atoms with E-state index in [2.05, 4.69) is 0 Å². The van der Waals surface area contributed by atoms with Crippen molar-refractivity contribution in [2.24, 2.45) is 5.92 Å². The first-order chi connectivity index (χ1) is 7.29. The highest BCUT2D eigenvalue weighted by Gasteiger charge is 2.29. The van der Waals surface area contributed by atoms with Crippen molar-refractivity contribution >= 4 is 22.8 Å². The van der Waals surface area contributed by atoms with Crippen LogP contribution in [0.3, 0.4) is 0 Å². The molecule has 9 nitrogen and oxygen atoms in total. The molecule has 0 unspecified atom stereocenters. The molecule has 0 saturated heterocycles. The predicted molar refractivity (Wildman–Crippen MR) is 58.8 cm³/mol. The standard InChI is InChI=1S/C5H15O9P3/c6-15(7,8)2-1-5(3-16(9,10)11)4-17(12,13)14/h5H,1-4H2,(H2,6,7,8)(H2,9,10,11)(H2,12,13,14). The molecular weight excluding hydrogens is 297 g/mol. The average molecular weight is 312 g/mol. The van der Waals surface area contributed by atoms with Crippen LogP contribution in [0.2, 0.25) is 0 Å². The Balaban J connectivity index is 4.58. The molecule has 0 fully saturated rings. The third kappa shape index (κ3) is 12.7. The zero-order chi connectivity index (χ0) is 13.9. The van der Waals surface area contributed by atoms with Gasteiger partial charge in [0.05, 0.1) is 18.5 Å². The highest BCUT2D eigenvalue weighted by atomic mass is 31.2. The van der Waals surface area contributed by atoms with Gasteiger partial charge in [-0.15, -0.1) is 0 Å². The second-order valence-electron chi connectivity index (χ2n) is 3.74. The summed E-state index contributed by atoms with van der Waals surface area (Å²) in [5.74, 6) is -1.13. The third-order valence-corrected chi connectivity index (χ3v) is 4.65. The maximum atomic E-state index is 10.7. The first-order valence-corrected chi connectivity index (χ1v) is 9.81. The zero-order valence-electron chi connectivity index (χ0n) is 8.66. The summed E-state index contributed by atoms with van der Waals surface area (Å²) in [6.07, 6.45) is -2.64. The van der Waals surface area contributed by atoms with Crippen LogP contribution in [-0.2, 0) is 13.7 Å². The molecule has 104 valence electrons. The monoisotopic (exact) mass is 312 g/mol. The van der Waals surface area contributed by atoms with E-state index in [4.69, 9.17) is 29.4 Å². The molecule has 0 aliphatic heterocycles. The summed E-state index contributed by atoms with van der Waals surface area (Å²) in [5, 5.41) is 0. The lowest BCUT2D eigenvalue weighted by molar-refractivity contribution is 0.341. The van der Waals surface area contributed by atoms with Crippen LogP contribution in [0.15, 0.2) is 0 Å². The minimum absolute atomic E-state index is 0.361. The summed E-state index contributed by atoms with van der Waals surface area (Å²) in [6.45, 7) is 0. The second-order valence-corrected chi connectivity index (χ2v) is 8.90. The Morgan fingerprint density at radius 2 is 1.06 bits per heavy atom. The summed E-state index contributed by atoms with van der Waals surface area (Å²) >= 11 is 0. The first kappa shape index (κ1) is 17.4. The van der Waals surface area contributed by atoms with Crippen molar-refractivity contribution in [2.75, 3.05) is 18.5 Å². The van der Waals surface area contributed by atoms with Gasteiger partial charge in [-0.2, -0.15) is 0 Å². The van der Waals surface area contributed by atoms with Crippen LogP contribution in [-0.4, -0.2) is 47.8 Å². The molecule has 12 heteroatoms. The van der Waals surface area contributed by atoms with Gasteiger partial charge in [0.25, 0.3) is 0 Å². The normalized spacial score (nSPS) is 14.3. The molecule has 17 heavy (non-hydrogen) atoms. The van der Waals surface area contributed by atoms with Crippen LogP contribution in [0.1, 0.15) is 6.42 Å². The summed E-state index contributed by atoms with van der Waals surface area (Å²) in [6, 6.07) is 0. The molecule has 0 radical (unpaired) electrons. The van der Waals surface area contributed by atoms with Crippen molar-refractivity contribution in [1.82, 2.24) is 0 Å². The molecule has 0 aliphatic rings. The Hall–Kier alpha value is 0.450. The van der Waals surface area contributed by atoms with E-state index in [1.54, 1.807) is 0 Å². The molecule has 0 heterocycles. The van der Waals surface area contributed by atoms with Gasteiger partial charge < -0.3 is 29.4 Å². The number of rotatable bonds is 7. The van der Waals surface area contributed by atoms with E-state index in [0.29, 0.717) is 0 Å². The Morgan fingerprint density at radius 1 is 0.706 bits per heavy atom. The molecule has 0 atom stereocenters. The number of hydrogen-bond donors (Lipinski definition) is 6. The molecule has 0 aromatic carbocycles. The Kier molecular flexibility index (Phi) is 6.22. The largest absolute Gasteiger partial charge is 0.325 e. The quantitative estimate of drug-likeness (QED) is 0.339. The third-order valence-electron chi connectivity index (χ3n) is 1.82. The molecule has 0 saturated carbocycles. The van der Waals surface area contributed by atoms with E-state index in [-0.39, 0.29) is 6.42 Å². The maximum absolute atomic E-state index is 10.7. The highest BCUT2D eigenvalue weighted by molar-refractivity contribution is 7.53. The van der Waals surface area contributed by atoms with Crippen molar-refractivity contribution in [3.63, 3.8) is 0 Å². The van der Waals surface area contributed by atoms with Crippen molar-refractivity contribution < 1.29 is 43.1 Å². The maximum Gasteiger partial charge on any atom is 0.325 e. The van der Waals surface area contributed by atoms with E-state index in [9.17, 15) is 13.7 Å². The van der Waals surface area contributed by atoms with Gasteiger partial charge in [0.1, 0.15) is 0 Å².